The maximum atomic E-state index is 12.5. The summed E-state index contributed by atoms with van der Waals surface area (Å²) in [4.78, 5) is 47.0. The lowest BCUT2D eigenvalue weighted by Gasteiger charge is -2.09. The molecule has 6 aromatic rings. The van der Waals surface area contributed by atoms with E-state index >= 15 is 0 Å². The SMILES string of the molecule is C.C=CC(=O)OCCOCCOCCOc1ccc(C(=O)Oc2ccc(-c3ccc(OC)cc3)cc2)cc1.COc1ccc(-c2ccc(OC(=O)c3ccc(OCCOCCOCCOC(=O)CCCl)cc3)cc2)cc1. The highest BCUT2D eigenvalue weighted by atomic mass is 35.5. The molecule has 0 saturated carbocycles. The molecular weight excluding hydrogens is 1000 g/mol. The van der Waals surface area contributed by atoms with Gasteiger partial charge in [0.2, 0.25) is 0 Å². The van der Waals surface area contributed by atoms with Crippen molar-refractivity contribution in [2.45, 2.75) is 13.8 Å². The number of benzene rings is 6. The average Bonchev–Trinajstić information content (AvgIpc) is 3.45. The summed E-state index contributed by atoms with van der Waals surface area (Å²) in [6.45, 7) is 7.28. The van der Waals surface area contributed by atoms with E-state index in [9.17, 15) is 19.2 Å². The van der Waals surface area contributed by atoms with Gasteiger partial charge in [-0.1, -0.05) is 62.5 Å². The molecule has 0 atom stereocenters. The summed E-state index contributed by atoms with van der Waals surface area (Å²) >= 11 is 5.45. The molecule has 0 radical (unpaired) electrons. The number of rotatable bonds is 31. The number of methoxy groups -OCH3 is 2. The Kier molecular flexibility index (Phi) is 28.4. The predicted molar refractivity (Wildman–Crippen MR) is 288 cm³/mol. The van der Waals surface area contributed by atoms with Crippen LogP contribution in [0.3, 0.4) is 0 Å². The molecule has 17 heteroatoms. The molecule has 0 aliphatic heterocycles. The highest BCUT2D eigenvalue weighted by Crippen LogP contribution is 2.27. The van der Waals surface area contributed by atoms with E-state index in [0.717, 1.165) is 39.8 Å². The minimum Gasteiger partial charge on any atom is -0.497 e. The number of esters is 4. The van der Waals surface area contributed by atoms with Crippen LogP contribution in [0, 0.1) is 0 Å². The molecule has 0 spiro atoms. The van der Waals surface area contributed by atoms with Gasteiger partial charge in [-0.2, -0.15) is 0 Å². The lowest BCUT2D eigenvalue weighted by molar-refractivity contribution is -0.145. The van der Waals surface area contributed by atoms with Crippen molar-refractivity contribution in [1.29, 1.82) is 0 Å². The summed E-state index contributed by atoms with van der Waals surface area (Å²) in [5, 5.41) is 0. The molecule has 0 amide bonds. The lowest BCUT2D eigenvalue weighted by Crippen LogP contribution is -2.14. The maximum absolute atomic E-state index is 12.5. The summed E-state index contributed by atoms with van der Waals surface area (Å²) in [5.74, 6) is 2.27. The third kappa shape index (κ3) is 22.8. The van der Waals surface area contributed by atoms with Gasteiger partial charge in [-0.15, -0.1) is 11.6 Å². The van der Waals surface area contributed by atoms with Crippen molar-refractivity contribution in [3.8, 4) is 56.8 Å². The van der Waals surface area contributed by atoms with Crippen LogP contribution in [0.2, 0.25) is 0 Å². The third-order valence-electron chi connectivity index (χ3n) is 10.3. The molecule has 0 N–H and O–H groups in total. The second kappa shape index (κ2) is 35.5. The molecule has 0 unspecified atom stereocenters. The van der Waals surface area contributed by atoms with Gasteiger partial charge in [0.25, 0.3) is 0 Å². The van der Waals surface area contributed by atoms with Gasteiger partial charge >= 0.3 is 23.9 Å². The first-order valence-electron chi connectivity index (χ1n) is 23.9. The molecule has 0 fully saturated rings. The highest BCUT2D eigenvalue weighted by molar-refractivity contribution is 6.18. The number of hydrogen-bond donors (Lipinski definition) is 0. The van der Waals surface area contributed by atoms with Crippen LogP contribution >= 0.6 is 11.6 Å². The van der Waals surface area contributed by atoms with E-state index in [1.165, 1.54) is 0 Å². The molecule has 0 aromatic heterocycles. The van der Waals surface area contributed by atoms with Crippen molar-refractivity contribution in [2.75, 3.05) is 99.4 Å². The molecule has 6 aromatic carbocycles. The van der Waals surface area contributed by atoms with Gasteiger partial charge in [0.15, 0.2) is 0 Å². The third-order valence-corrected chi connectivity index (χ3v) is 10.5. The number of carbonyl (C=O) groups excluding carboxylic acids is 4. The molecule has 0 aliphatic carbocycles. The molecule has 0 heterocycles. The van der Waals surface area contributed by atoms with E-state index in [4.69, 9.17) is 68.4 Å². The lowest BCUT2D eigenvalue weighted by atomic mass is 10.1. The van der Waals surface area contributed by atoms with Crippen LogP contribution in [0.4, 0.5) is 0 Å². The van der Waals surface area contributed by atoms with E-state index in [0.29, 0.717) is 100 Å². The minimum atomic E-state index is -0.474. The number of halogens is 1. The maximum Gasteiger partial charge on any atom is 0.343 e. The fourth-order valence-electron chi connectivity index (χ4n) is 6.41. The normalized spacial score (nSPS) is 10.4. The van der Waals surface area contributed by atoms with Crippen LogP contribution in [0.5, 0.6) is 34.5 Å². The van der Waals surface area contributed by atoms with E-state index in [2.05, 4.69) is 6.58 Å². The molecule has 0 aliphatic rings. The van der Waals surface area contributed by atoms with Crippen molar-refractivity contribution in [1.82, 2.24) is 0 Å². The summed E-state index contributed by atoms with van der Waals surface area (Å²) < 4.78 is 63.8. The molecule has 0 saturated heterocycles. The van der Waals surface area contributed by atoms with E-state index in [1.807, 2.05) is 72.8 Å². The number of carbonyl (C=O) groups is 4. The largest absolute Gasteiger partial charge is 0.497 e. The summed E-state index contributed by atoms with van der Waals surface area (Å²) in [6, 6.07) is 43.5. The molecule has 76 heavy (non-hydrogen) atoms. The summed E-state index contributed by atoms with van der Waals surface area (Å²) in [7, 11) is 3.26. The van der Waals surface area contributed by atoms with Gasteiger partial charge < -0.3 is 56.8 Å². The standard InChI is InChI=1S/C29H31ClO8.C29H30O8.CH4/c1-33-25-8-2-22(3-9-25)23-4-12-27(13-5-23)38-29(32)24-6-10-26(11-7-24)36-20-18-34-16-17-35-19-21-37-28(31)14-15-30;1-3-28(30)36-21-19-34-17-16-33-18-20-35-26-12-8-24(9-13-26)29(31)37-27-14-6-23(7-15-27)22-4-10-25(32-2)11-5-22;/h2-13H,14-21H2,1H3;3-15H,1,16-21H2,2H3;1H4. The van der Waals surface area contributed by atoms with Crippen molar-refractivity contribution in [3.63, 3.8) is 0 Å². The van der Waals surface area contributed by atoms with Gasteiger partial charge in [0.05, 0.1) is 84.6 Å². The smallest absolute Gasteiger partial charge is 0.343 e. The van der Waals surface area contributed by atoms with Crippen LogP contribution < -0.4 is 28.4 Å². The fraction of sp³-hybridized carbons (Fsp3) is 0.288. The number of alkyl halides is 1. The van der Waals surface area contributed by atoms with Crippen LogP contribution in [-0.4, -0.2) is 123 Å². The van der Waals surface area contributed by atoms with Crippen LogP contribution in [-0.2, 0) is 38.0 Å². The van der Waals surface area contributed by atoms with Crippen LogP contribution in [0.1, 0.15) is 34.6 Å². The molecule has 404 valence electrons. The average molecular weight is 1070 g/mol. The topological polar surface area (TPSA) is 179 Å². The van der Waals surface area contributed by atoms with Crippen molar-refractivity contribution < 1.29 is 76.0 Å². The van der Waals surface area contributed by atoms with E-state index in [1.54, 1.807) is 87.0 Å². The molecule has 16 nitrogen and oxygen atoms in total. The molecular formula is C59H65ClO16. The summed E-state index contributed by atoms with van der Waals surface area (Å²) in [5.41, 5.74) is 4.92. The Bertz CT molecular complexity index is 2610. The Morgan fingerprint density at radius 2 is 0.711 bits per heavy atom. The highest BCUT2D eigenvalue weighted by Gasteiger charge is 2.12. The van der Waals surface area contributed by atoms with Crippen molar-refractivity contribution >= 4 is 35.5 Å². The van der Waals surface area contributed by atoms with Crippen LogP contribution in [0.25, 0.3) is 22.3 Å². The first-order chi connectivity index (χ1) is 36.7. The van der Waals surface area contributed by atoms with Gasteiger partial charge in [0.1, 0.15) is 60.9 Å². The second-order valence-corrected chi connectivity index (χ2v) is 15.9. The number of ether oxygens (including phenoxy) is 12. The Labute approximate surface area is 449 Å². The van der Waals surface area contributed by atoms with Gasteiger partial charge in [-0.3, -0.25) is 4.79 Å². The van der Waals surface area contributed by atoms with Gasteiger partial charge in [-0.25, -0.2) is 14.4 Å². The Morgan fingerprint density at radius 3 is 1.04 bits per heavy atom. The molecule has 6 rings (SSSR count). The van der Waals surface area contributed by atoms with Crippen LogP contribution in [0.15, 0.2) is 158 Å². The number of hydrogen-bond acceptors (Lipinski definition) is 16. The Hall–Kier alpha value is -7.73. The zero-order valence-corrected chi connectivity index (χ0v) is 42.7. The van der Waals surface area contributed by atoms with E-state index in [-0.39, 0.29) is 38.9 Å². The van der Waals surface area contributed by atoms with Gasteiger partial charge in [-0.05, 0) is 119 Å². The fourth-order valence-corrected chi connectivity index (χ4v) is 6.56. The zero-order valence-electron chi connectivity index (χ0n) is 42.0. The Balaban J connectivity index is 0.000000324. The first-order valence-corrected chi connectivity index (χ1v) is 24.4. The first kappa shape index (κ1) is 60.8. The Morgan fingerprint density at radius 1 is 0.408 bits per heavy atom. The molecule has 0 bridgehead atoms. The zero-order chi connectivity index (χ0) is 53.3. The predicted octanol–water partition coefficient (Wildman–Crippen LogP) is 10.5. The minimum absolute atomic E-state index is 0. The van der Waals surface area contributed by atoms with Gasteiger partial charge in [0, 0.05) is 12.0 Å². The second-order valence-electron chi connectivity index (χ2n) is 15.5. The monoisotopic (exact) mass is 1060 g/mol. The van der Waals surface area contributed by atoms with E-state index < -0.39 is 17.9 Å². The summed E-state index contributed by atoms with van der Waals surface area (Å²) in [6.07, 6.45) is 1.30. The van der Waals surface area contributed by atoms with Crippen molar-refractivity contribution in [3.05, 3.63) is 169 Å². The quantitative estimate of drug-likeness (QED) is 0.0132. The van der Waals surface area contributed by atoms with Crippen molar-refractivity contribution in [2.24, 2.45) is 0 Å².